The SMILES string of the molecule is C[C@@H](NC(=O)/C=C/c1ccc2c(c1)OCO2)[C@H]1C[C@H]2CC[C@H]1C2. The van der Waals surface area contributed by atoms with Crippen LogP contribution in [-0.2, 0) is 4.79 Å². The molecule has 0 radical (unpaired) electrons. The highest BCUT2D eigenvalue weighted by Crippen LogP contribution is 2.49. The number of fused-ring (bicyclic) bond motifs is 3. The smallest absolute Gasteiger partial charge is 0.244 e. The van der Waals surface area contributed by atoms with Gasteiger partial charge in [0.25, 0.3) is 0 Å². The molecule has 4 heteroatoms. The van der Waals surface area contributed by atoms with E-state index in [9.17, 15) is 4.79 Å². The van der Waals surface area contributed by atoms with Crippen LogP contribution in [0.25, 0.3) is 6.08 Å². The molecule has 2 fully saturated rings. The van der Waals surface area contributed by atoms with Crippen LogP contribution in [0.2, 0.25) is 0 Å². The van der Waals surface area contributed by atoms with E-state index in [0.29, 0.717) is 5.92 Å². The van der Waals surface area contributed by atoms with Gasteiger partial charge in [0.2, 0.25) is 12.7 Å². The number of rotatable bonds is 4. The Bertz CT molecular complexity index is 640. The van der Waals surface area contributed by atoms with Crippen LogP contribution in [0.3, 0.4) is 0 Å². The Kier molecular flexibility index (Phi) is 3.76. The first kappa shape index (κ1) is 14.6. The van der Waals surface area contributed by atoms with Crippen LogP contribution in [0.15, 0.2) is 24.3 Å². The molecule has 0 aromatic heterocycles. The maximum absolute atomic E-state index is 12.2. The highest BCUT2D eigenvalue weighted by molar-refractivity contribution is 5.92. The largest absolute Gasteiger partial charge is 0.454 e. The van der Waals surface area contributed by atoms with Gasteiger partial charge in [0.05, 0.1) is 0 Å². The summed E-state index contributed by atoms with van der Waals surface area (Å²) < 4.78 is 10.6. The first-order chi connectivity index (χ1) is 11.2. The number of hydrogen-bond donors (Lipinski definition) is 1. The third-order valence-corrected chi connectivity index (χ3v) is 5.63. The second-order valence-corrected chi connectivity index (χ2v) is 7.08. The summed E-state index contributed by atoms with van der Waals surface area (Å²) in [5.74, 6) is 3.88. The fourth-order valence-electron chi connectivity index (χ4n) is 4.47. The molecule has 2 bridgehead atoms. The van der Waals surface area contributed by atoms with Crippen molar-refractivity contribution in [3.8, 4) is 11.5 Å². The van der Waals surface area contributed by atoms with Crippen molar-refractivity contribution in [1.29, 1.82) is 0 Å². The Balaban J connectivity index is 1.34. The van der Waals surface area contributed by atoms with Crippen LogP contribution in [-0.4, -0.2) is 18.7 Å². The lowest BCUT2D eigenvalue weighted by Crippen LogP contribution is -2.39. The summed E-state index contributed by atoms with van der Waals surface area (Å²) in [5.41, 5.74) is 0.942. The predicted octanol–water partition coefficient (Wildman–Crippen LogP) is 3.37. The summed E-state index contributed by atoms with van der Waals surface area (Å²) in [5, 5.41) is 3.15. The van der Waals surface area contributed by atoms with Gasteiger partial charge in [-0.05, 0) is 67.7 Å². The molecule has 4 nitrogen and oxygen atoms in total. The summed E-state index contributed by atoms with van der Waals surface area (Å²) >= 11 is 0. The molecule has 23 heavy (non-hydrogen) atoms. The van der Waals surface area contributed by atoms with E-state index in [0.717, 1.165) is 28.9 Å². The first-order valence-corrected chi connectivity index (χ1v) is 8.57. The number of carbonyl (C=O) groups is 1. The molecule has 2 saturated carbocycles. The number of ether oxygens (including phenoxy) is 2. The number of carbonyl (C=O) groups excluding carboxylic acids is 1. The van der Waals surface area contributed by atoms with Gasteiger partial charge in [0.15, 0.2) is 11.5 Å². The molecular formula is C19H23NO3. The van der Waals surface area contributed by atoms with Gasteiger partial charge in [-0.3, -0.25) is 4.79 Å². The molecule has 1 amide bonds. The minimum atomic E-state index is -0.0158. The lowest BCUT2D eigenvalue weighted by atomic mass is 9.84. The van der Waals surface area contributed by atoms with Crippen LogP contribution in [0.5, 0.6) is 11.5 Å². The Morgan fingerprint density at radius 2 is 2.13 bits per heavy atom. The predicted molar refractivity (Wildman–Crippen MR) is 88.1 cm³/mol. The fraction of sp³-hybridized carbons (Fsp3) is 0.526. The molecular weight excluding hydrogens is 290 g/mol. The normalized spacial score (nSPS) is 29.2. The summed E-state index contributed by atoms with van der Waals surface area (Å²) in [7, 11) is 0. The van der Waals surface area contributed by atoms with E-state index in [1.54, 1.807) is 6.08 Å². The molecule has 4 atom stereocenters. The van der Waals surface area contributed by atoms with E-state index < -0.39 is 0 Å². The molecule has 4 rings (SSSR count). The Morgan fingerprint density at radius 1 is 1.26 bits per heavy atom. The Labute approximate surface area is 136 Å². The second kappa shape index (κ2) is 5.91. The Hall–Kier alpha value is -1.97. The van der Waals surface area contributed by atoms with Crippen molar-refractivity contribution in [1.82, 2.24) is 5.32 Å². The van der Waals surface area contributed by atoms with Crippen molar-refractivity contribution in [3.05, 3.63) is 29.8 Å². The number of nitrogens with one attached hydrogen (secondary N) is 1. The van der Waals surface area contributed by atoms with Crippen molar-refractivity contribution >= 4 is 12.0 Å². The molecule has 0 spiro atoms. The van der Waals surface area contributed by atoms with E-state index in [1.165, 1.54) is 25.7 Å². The zero-order valence-corrected chi connectivity index (χ0v) is 13.5. The van der Waals surface area contributed by atoms with Crippen LogP contribution >= 0.6 is 0 Å². The number of amides is 1. The van der Waals surface area contributed by atoms with Crippen molar-refractivity contribution < 1.29 is 14.3 Å². The van der Waals surface area contributed by atoms with E-state index in [4.69, 9.17) is 9.47 Å². The topological polar surface area (TPSA) is 47.6 Å². The maximum Gasteiger partial charge on any atom is 0.244 e. The minimum absolute atomic E-state index is 0.0158. The average molecular weight is 313 g/mol. The molecule has 1 aromatic rings. The number of benzene rings is 1. The van der Waals surface area contributed by atoms with Crippen molar-refractivity contribution in [2.75, 3.05) is 6.79 Å². The van der Waals surface area contributed by atoms with E-state index in [2.05, 4.69) is 12.2 Å². The van der Waals surface area contributed by atoms with Gasteiger partial charge in [0, 0.05) is 12.1 Å². The van der Waals surface area contributed by atoms with Crippen molar-refractivity contribution in [3.63, 3.8) is 0 Å². The summed E-state index contributed by atoms with van der Waals surface area (Å²) in [6, 6.07) is 5.96. The zero-order chi connectivity index (χ0) is 15.8. The van der Waals surface area contributed by atoms with Crippen LogP contribution in [0.1, 0.15) is 38.2 Å². The van der Waals surface area contributed by atoms with Crippen LogP contribution in [0.4, 0.5) is 0 Å². The van der Waals surface area contributed by atoms with Crippen LogP contribution in [0, 0.1) is 17.8 Å². The third-order valence-electron chi connectivity index (χ3n) is 5.63. The maximum atomic E-state index is 12.2. The second-order valence-electron chi connectivity index (χ2n) is 7.08. The third kappa shape index (κ3) is 2.94. The van der Waals surface area contributed by atoms with Gasteiger partial charge in [-0.25, -0.2) is 0 Å². The minimum Gasteiger partial charge on any atom is -0.454 e. The van der Waals surface area contributed by atoms with E-state index in [-0.39, 0.29) is 18.7 Å². The van der Waals surface area contributed by atoms with Gasteiger partial charge in [0.1, 0.15) is 0 Å². The number of hydrogen-bond acceptors (Lipinski definition) is 3. The standard InChI is InChI=1S/C19H23NO3/c1-12(16-9-14-2-5-15(16)8-14)20-19(21)7-4-13-3-6-17-18(10-13)23-11-22-17/h3-4,6-7,10,12,14-16H,2,5,8-9,11H2,1H3,(H,20,21)/b7-4+/t12-,14+,15+,16-/m1/s1. The fourth-order valence-corrected chi connectivity index (χ4v) is 4.47. The highest BCUT2D eigenvalue weighted by atomic mass is 16.7. The van der Waals surface area contributed by atoms with E-state index >= 15 is 0 Å². The van der Waals surface area contributed by atoms with Gasteiger partial charge in [-0.2, -0.15) is 0 Å². The molecule has 1 aromatic carbocycles. The highest BCUT2D eigenvalue weighted by Gasteiger charge is 2.41. The summed E-state index contributed by atoms with van der Waals surface area (Å²) in [6.45, 7) is 2.42. The zero-order valence-electron chi connectivity index (χ0n) is 13.5. The molecule has 3 aliphatic rings. The molecule has 1 heterocycles. The first-order valence-electron chi connectivity index (χ1n) is 8.57. The van der Waals surface area contributed by atoms with Gasteiger partial charge >= 0.3 is 0 Å². The van der Waals surface area contributed by atoms with Crippen LogP contribution < -0.4 is 14.8 Å². The molecule has 2 aliphatic carbocycles. The van der Waals surface area contributed by atoms with Crippen molar-refractivity contribution in [2.45, 2.75) is 38.6 Å². The van der Waals surface area contributed by atoms with Gasteiger partial charge in [-0.1, -0.05) is 12.5 Å². The molecule has 122 valence electrons. The molecule has 0 unspecified atom stereocenters. The molecule has 1 N–H and O–H groups in total. The Morgan fingerprint density at radius 3 is 2.91 bits per heavy atom. The summed E-state index contributed by atoms with van der Waals surface area (Å²) in [6.07, 6.45) is 8.84. The molecule has 0 saturated heterocycles. The quantitative estimate of drug-likeness (QED) is 0.867. The lowest BCUT2D eigenvalue weighted by Gasteiger charge is -2.28. The summed E-state index contributed by atoms with van der Waals surface area (Å²) in [4.78, 5) is 12.2. The van der Waals surface area contributed by atoms with E-state index in [1.807, 2.05) is 24.3 Å². The monoisotopic (exact) mass is 313 g/mol. The molecule has 1 aliphatic heterocycles. The van der Waals surface area contributed by atoms with Gasteiger partial charge in [-0.15, -0.1) is 0 Å². The van der Waals surface area contributed by atoms with Crippen molar-refractivity contribution in [2.24, 2.45) is 17.8 Å². The van der Waals surface area contributed by atoms with Gasteiger partial charge < -0.3 is 14.8 Å². The average Bonchev–Trinajstić information content (AvgIpc) is 3.28. The lowest BCUT2D eigenvalue weighted by molar-refractivity contribution is -0.117.